The van der Waals surface area contributed by atoms with E-state index in [0.717, 1.165) is 36.5 Å². The maximum Gasteiger partial charge on any atom is 0.136 e. The minimum atomic E-state index is 0.516. The highest BCUT2D eigenvalue weighted by Gasteiger charge is 2.31. The summed E-state index contributed by atoms with van der Waals surface area (Å²) in [4.78, 5) is 6.92. The summed E-state index contributed by atoms with van der Waals surface area (Å²) in [5, 5.41) is 10.5. The molecule has 5 nitrogen and oxygen atoms in total. The van der Waals surface area contributed by atoms with Crippen molar-refractivity contribution in [2.24, 2.45) is 0 Å². The van der Waals surface area contributed by atoms with Crippen molar-refractivity contribution in [2.75, 3.05) is 18.0 Å². The third-order valence-electron chi connectivity index (χ3n) is 5.42. The van der Waals surface area contributed by atoms with E-state index in [1.165, 1.54) is 29.7 Å². The predicted octanol–water partition coefficient (Wildman–Crippen LogP) is 4.20. The predicted molar refractivity (Wildman–Crippen MR) is 99.2 cm³/mol. The molecule has 1 saturated heterocycles. The molecule has 3 aromatic rings. The van der Waals surface area contributed by atoms with Gasteiger partial charge in [-0.25, -0.2) is 0 Å². The average Bonchev–Trinajstić information content (AvgIpc) is 3.38. The Balaban J connectivity index is 1.37. The maximum absolute atomic E-state index is 6.11. The Hall–Kier alpha value is -2.14. The molecule has 0 atom stereocenters. The van der Waals surface area contributed by atoms with Gasteiger partial charge in [0, 0.05) is 47.3 Å². The third-order valence-corrected chi connectivity index (χ3v) is 5.66. The number of aromatic nitrogens is 4. The molecule has 6 heteroatoms. The summed E-state index contributed by atoms with van der Waals surface area (Å²) in [6, 6.07) is 8.72. The number of benzene rings is 1. The Labute approximate surface area is 151 Å². The van der Waals surface area contributed by atoms with Gasteiger partial charge in [0.25, 0.3) is 0 Å². The van der Waals surface area contributed by atoms with Gasteiger partial charge in [-0.1, -0.05) is 11.6 Å². The number of hydrogen-bond acceptors (Lipinski definition) is 4. The van der Waals surface area contributed by atoms with E-state index < -0.39 is 0 Å². The van der Waals surface area contributed by atoms with Gasteiger partial charge in [0.2, 0.25) is 0 Å². The molecule has 1 saturated carbocycles. The summed E-state index contributed by atoms with van der Waals surface area (Å²) in [6.07, 6.45) is 8.57. The van der Waals surface area contributed by atoms with Crippen molar-refractivity contribution in [3.63, 3.8) is 0 Å². The summed E-state index contributed by atoms with van der Waals surface area (Å²) >= 11 is 6.11. The number of halogens is 1. The largest absolute Gasteiger partial charge is 0.371 e. The fourth-order valence-corrected chi connectivity index (χ4v) is 4.10. The van der Waals surface area contributed by atoms with E-state index in [2.05, 4.69) is 36.8 Å². The molecular weight excluding hydrogens is 334 g/mol. The highest BCUT2D eigenvalue weighted by molar-refractivity contribution is 6.31. The first-order chi connectivity index (χ1) is 12.3. The highest BCUT2D eigenvalue weighted by atomic mass is 35.5. The molecule has 0 spiro atoms. The second-order valence-electron chi connectivity index (χ2n) is 7.08. The quantitative estimate of drug-likeness (QED) is 0.708. The normalized spacial score (nSPS) is 18.8. The summed E-state index contributed by atoms with van der Waals surface area (Å²) < 4.78 is 2.31. The second-order valence-corrected chi connectivity index (χ2v) is 7.52. The fourth-order valence-electron chi connectivity index (χ4n) is 3.94. The van der Waals surface area contributed by atoms with Crippen LogP contribution in [-0.4, -0.2) is 32.8 Å². The van der Waals surface area contributed by atoms with Gasteiger partial charge in [-0.05, 0) is 49.9 Å². The number of rotatable bonds is 3. The molecule has 128 valence electrons. The van der Waals surface area contributed by atoms with E-state index in [4.69, 9.17) is 11.6 Å². The number of hydrogen-bond donors (Lipinski definition) is 0. The smallest absolute Gasteiger partial charge is 0.136 e. The zero-order valence-electron chi connectivity index (χ0n) is 14.0. The van der Waals surface area contributed by atoms with Crippen LogP contribution in [0.4, 0.5) is 5.69 Å². The van der Waals surface area contributed by atoms with Crippen LogP contribution in [-0.2, 0) is 0 Å². The van der Waals surface area contributed by atoms with E-state index in [9.17, 15) is 0 Å². The van der Waals surface area contributed by atoms with E-state index >= 15 is 0 Å². The lowest BCUT2D eigenvalue weighted by Gasteiger charge is -2.34. The van der Waals surface area contributed by atoms with Gasteiger partial charge in [0.1, 0.15) is 12.2 Å². The van der Waals surface area contributed by atoms with Crippen molar-refractivity contribution < 1.29 is 0 Å². The number of fused-ring (bicyclic) bond motifs is 1. The third kappa shape index (κ3) is 2.76. The number of nitrogens with zero attached hydrogens (tertiary/aromatic N) is 5. The van der Waals surface area contributed by atoms with Gasteiger partial charge < -0.3 is 9.47 Å². The van der Waals surface area contributed by atoms with Gasteiger partial charge >= 0.3 is 0 Å². The Morgan fingerprint density at radius 3 is 2.68 bits per heavy atom. The standard InChI is InChI=1S/C19H20ClN5/c20-14-1-4-16-17(11-14)21-8-5-18(16)24-9-6-13(7-10-24)19-23-22-12-25(19)15-2-3-15/h1,4-5,8,11-13,15H,2-3,6-7,9-10H2. The molecule has 0 unspecified atom stereocenters. The Kier molecular flexibility index (Phi) is 3.63. The second kappa shape index (κ2) is 5.99. The first-order valence-corrected chi connectivity index (χ1v) is 9.36. The van der Waals surface area contributed by atoms with Gasteiger partial charge in [0.15, 0.2) is 0 Å². The summed E-state index contributed by atoms with van der Waals surface area (Å²) in [6.45, 7) is 2.06. The molecule has 2 fully saturated rings. The van der Waals surface area contributed by atoms with Crippen LogP contribution in [0.3, 0.4) is 0 Å². The topological polar surface area (TPSA) is 46.8 Å². The zero-order valence-corrected chi connectivity index (χ0v) is 14.7. The van der Waals surface area contributed by atoms with Crippen molar-refractivity contribution in [3.05, 3.63) is 47.6 Å². The molecule has 1 aromatic carbocycles. The molecule has 2 aromatic heterocycles. The van der Waals surface area contributed by atoms with Gasteiger partial charge in [-0.2, -0.15) is 0 Å². The van der Waals surface area contributed by atoms with Crippen LogP contribution in [0, 0.1) is 0 Å². The van der Waals surface area contributed by atoms with Crippen molar-refractivity contribution in [2.45, 2.75) is 37.6 Å². The molecular formula is C19H20ClN5. The van der Waals surface area contributed by atoms with Crippen LogP contribution in [0.25, 0.3) is 10.9 Å². The molecule has 0 radical (unpaired) electrons. The van der Waals surface area contributed by atoms with Crippen LogP contribution < -0.4 is 4.90 Å². The number of anilines is 1. The van der Waals surface area contributed by atoms with Crippen molar-refractivity contribution in [1.29, 1.82) is 0 Å². The van der Waals surface area contributed by atoms with Crippen LogP contribution >= 0.6 is 11.6 Å². The highest BCUT2D eigenvalue weighted by Crippen LogP contribution is 2.39. The van der Waals surface area contributed by atoms with E-state index in [1.807, 2.05) is 24.7 Å². The molecule has 25 heavy (non-hydrogen) atoms. The fraction of sp³-hybridized carbons (Fsp3) is 0.421. The number of pyridine rings is 1. The summed E-state index contributed by atoms with van der Waals surface area (Å²) in [7, 11) is 0. The lowest BCUT2D eigenvalue weighted by molar-refractivity contribution is 0.466. The van der Waals surface area contributed by atoms with Crippen molar-refractivity contribution in [1.82, 2.24) is 19.7 Å². The lowest BCUT2D eigenvalue weighted by atomic mass is 9.95. The minimum absolute atomic E-state index is 0.516. The molecule has 0 N–H and O–H groups in total. The average molecular weight is 354 g/mol. The van der Waals surface area contributed by atoms with Crippen LogP contribution in [0.2, 0.25) is 5.02 Å². The van der Waals surface area contributed by atoms with Gasteiger partial charge in [0.05, 0.1) is 5.52 Å². The van der Waals surface area contributed by atoms with Crippen LogP contribution in [0.1, 0.15) is 43.5 Å². The summed E-state index contributed by atoms with van der Waals surface area (Å²) in [5.41, 5.74) is 2.21. The first kappa shape index (κ1) is 15.1. The van der Waals surface area contributed by atoms with Crippen molar-refractivity contribution >= 4 is 28.2 Å². The molecule has 3 heterocycles. The molecule has 0 bridgehead atoms. The molecule has 1 aliphatic heterocycles. The Morgan fingerprint density at radius 1 is 1.04 bits per heavy atom. The van der Waals surface area contributed by atoms with E-state index in [1.54, 1.807) is 0 Å². The Morgan fingerprint density at radius 2 is 1.88 bits per heavy atom. The summed E-state index contributed by atoms with van der Waals surface area (Å²) in [5.74, 6) is 1.70. The maximum atomic E-state index is 6.11. The van der Waals surface area contributed by atoms with Gasteiger partial charge in [-0.3, -0.25) is 4.98 Å². The van der Waals surface area contributed by atoms with E-state index in [-0.39, 0.29) is 0 Å². The molecule has 1 aliphatic carbocycles. The molecule has 2 aliphatic rings. The first-order valence-electron chi connectivity index (χ1n) is 8.98. The van der Waals surface area contributed by atoms with Crippen LogP contribution in [0.5, 0.6) is 0 Å². The van der Waals surface area contributed by atoms with Crippen molar-refractivity contribution in [3.8, 4) is 0 Å². The molecule has 0 amide bonds. The van der Waals surface area contributed by atoms with E-state index in [0.29, 0.717) is 12.0 Å². The molecule has 5 rings (SSSR count). The SMILES string of the molecule is Clc1ccc2c(N3CCC(c4nncn4C4CC4)CC3)ccnc2c1. The minimum Gasteiger partial charge on any atom is -0.371 e. The van der Waals surface area contributed by atoms with Gasteiger partial charge in [-0.15, -0.1) is 10.2 Å². The van der Waals surface area contributed by atoms with Crippen LogP contribution in [0.15, 0.2) is 36.8 Å². The zero-order chi connectivity index (χ0) is 16.8. The monoisotopic (exact) mass is 353 g/mol. The Bertz CT molecular complexity index is 909. The lowest BCUT2D eigenvalue weighted by Crippen LogP contribution is -2.33. The number of piperidine rings is 1.